The zero-order valence-electron chi connectivity index (χ0n) is 18.0. The molecule has 2 aromatic carbocycles. The zero-order valence-corrected chi connectivity index (χ0v) is 18.8. The first kappa shape index (κ1) is 25.1. The molecule has 0 unspecified atom stereocenters. The van der Waals surface area contributed by atoms with E-state index in [-0.39, 0.29) is 28.4 Å². The fraction of sp³-hybridized carbons (Fsp3) is 0.227. The van der Waals surface area contributed by atoms with Crippen LogP contribution in [0, 0.1) is 5.82 Å². The van der Waals surface area contributed by atoms with Crippen LogP contribution in [0.3, 0.4) is 0 Å². The van der Waals surface area contributed by atoms with E-state index in [9.17, 15) is 31.1 Å². The van der Waals surface area contributed by atoms with Gasteiger partial charge in [-0.25, -0.2) is 17.8 Å². The molecule has 0 aliphatic carbocycles. The average molecular weight is 500 g/mol. The van der Waals surface area contributed by atoms with Crippen molar-refractivity contribution in [2.45, 2.75) is 12.7 Å². The summed E-state index contributed by atoms with van der Waals surface area (Å²) in [4.78, 5) is 3.97. The van der Waals surface area contributed by atoms with Crippen LogP contribution in [0.5, 0.6) is 17.4 Å². The van der Waals surface area contributed by atoms with Crippen molar-refractivity contribution in [1.29, 1.82) is 0 Å². The maximum absolute atomic E-state index is 14.4. The highest BCUT2D eigenvalue weighted by atomic mass is 32.2. The number of phenols is 1. The smallest absolute Gasteiger partial charge is 0.404 e. The van der Waals surface area contributed by atoms with Gasteiger partial charge in [0, 0.05) is 17.3 Å². The van der Waals surface area contributed by atoms with E-state index in [0.29, 0.717) is 15.6 Å². The number of methoxy groups -OCH3 is 2. The first-order valence-electron chi connectivity index (χ1n) is 9.66. The zero-order chi connectivity index (χ0) is 25.1. The number of alkyl halides is 3. The van der Waals surface area contributed by atoms with Gasteiger partial charge >= 0.3 is 6.18 Å². The van der Waals surface area contributed by atoms with Crippen molar-refractivity contribution in [3.05, 3.63) is 66.1 Å². The van der Waals surface area contributed by atoms with Crippen molar-refractivity contribution in [1.82, 2.24) is 4.98 Å². The van der Waals surface area contributed by atoms with Crippen molar-refractivity contribution in [2.24, 2.45) is 0 Å². The number of rotatable bonds is 8. The Labute approximate surface area is 193 Å². The summed E-state index contributed by atoms with van der Waals surface area (Å²) in [7, 11) is -2.39. The molecule has 3 aromatic rings. The lowest BCUT2D eigenvalue weighted by molar-refractivity contribution is -0.106. The number of halogens is 4. The van der Waals surface area contributed by atoms with Crippen LogP contribution in [0.2, 0.25) is 0 Å². The van der Waals surface area contributed by atoms with Gasteiger partial charge in [-0.2, -0.15) is 13.2 Å². The molecule has 182 valence electrons. The summed E-state index contributed by atoms with van der Waals surface area (Å²) in [5, 5.41) is 9.72. The van der Waals surface area contributed by atoms with Gasteiger partial charge in [0.25, 0.3) is 0 Å². The molecular formula is C22H20F4N2O5S. The van der Waals surface area contributed by atoms with E-state index in [1.165, 1.54) is 38.5 Å². The second kappa shape index (κ2) is 9.75. The Morgan fingerprint density at radius 2 is 1.71 bits per heavy atom. The molecule has 34 heavy (non-hydrogen) atoms. The van der Waals surface area contributed by atoms with Crippen LogP contribution >= 0.6 is 0 Å². The number of aromatic hydroxyl groups is 1. The molecule has 0 aliphatic heterocycles. The monoisotopic (exact) mass is 500 g/mol. The van der Waals surface area contributed by atoms with Gasteiger partial charge in [0.1, 0.15) is 23.0 Å². The van der Waals surface area contributed by atoms with Crippen LogP contribution in [0.15, 0.2) is 54.7 Å². The minimum atomic E-state index is -5.02. The topological polar surface area (TPSA) is 89.0 Å². The maximum Gasteiger partial charge on any atom is 0.404 e. The number of ether oxygens (including phenoxy) is 2. The number of pyridine rings is 1. The summed E-state index contributed by atoms with van der Waals surface area (Å²) >= 11 is 0. The lowest BCUT2D eigenvalue weighted by Crippen LogP contribution is -2.38. The number of anilines is 1. The number of nitrogens with zero attached hydrogens (tertiary/aromatic N) is 2. The predicted molar refractivity (Wildman–Crippen MR) is 117 cm³/mol. The van der Waals surface area contributed by atoms with Crippen LogP contribution in [-0.4, -0.2) is 44.7 Å². The molecule has 0 saturated heterocycles. The van der Waals surface area contributed by atoms with Crippen molar-refractivity contribution < 1.29 is 40.6 Å². The Hall–Kier alpha value is -3.54. The molecule has 3 rings (SSSR count). The van der Waals surface area contributed by atoms with Gasteiger partial charge in [0.15, 0.2) is 5.75 Å². The number of hydrogen-bond donors (Lipinski definition) is 1. The Kier molecular flexibility index (Phi) is 7.20. The van der Waals surface area contributed by atoms with E-state index in [2.05, 4.69) is 4.98 Å². The van der Waals surface area contributed by atoms with Gasteiger partial charge in [-0.1, -0.05) is 12.1 Å². The fourth-order valence-electron chi connectivity index (χ4n) is 3.17. The fourth-order valence-corrected chi connectivity index (χ4v) is 4.52. The van der Waals surface area contributed by atoms with E-state index in [1.54, 1.807) is 0 Å². The summed E-state index contributed by atoms with van der Waals surface area (Å²) in [6, 6.07) is 10.4. The first-order valence-corrected chi connectivity index (χ1v) is 11.3. The highest BCUT2D eigenvalue weighted by Crippen LogP contribution is 2.36. The number of aromatic nitrogens is 1. The molecule has 1 N–H and O–H groups in total. The Bertz CT molecular complexity index is 1270. The van der Waals surface area contributed by atoms with E-state index < -0.39 is 34.3 Å². The van der Waals surface area contributed by atoms with Crippen LogP contribution < -0.4 is 13.8 Å². The molecule has 0 amide bonds. The molecule has 12 heteroatoms. The third-order valence-electron chi connectivity index (χ3n) is 4.72. The Morgan fingerprint density at radius 3 is 2.29 bits per heavy atom. The van der Waals surface area contributed by atoms with Crippen molar-refractivity contribution >= 4 is 15.7 Å². The van der Waals surface area contributed by atoms with E-state index in [1.807, 2.05) is 0 Å². The SMILES string of the molecule is COc1ccc(CN(c2cc(-c3cc(O)ccc3F)cnc2OC)S(=O)(=O)CC(F)(F)F)cc1. The lowest BCUT2D eigenvalue weighted by Gasteiger charge is -2.26. The Balaban J connectivity index is 2.17. The predicted octanol–water partition coefficient (Wildman–Crippen LogP) is 4.51. The molecule has 0 bridgehead atoms. The molecule has 0 spiro atoms. The van der Waals surface area contributed by atoms with E-state index in [0.717, 1.165) is 30.5 Å². The van der Waals surface area contributed by atoms with Gasteiger partial charge in [-0.15, -0.1) is 0 Å². The molecular weight excluding hydrogens is 480 g/mol. The minimum Gasteiger partial charge on any atom is -0.508 e. The maximum atomic E-state index is 14.4. The number of sulfonamides is 1. The van der Waals surface area contributed by atoms with Gasteiger partial charge < -0.3 is 14.6 Å². The number of hydrogen-bond acceptors (Lipinski definition) is 6. The standard InChI is InChI=1S/C22H20F4N2O5S/c1-32-17-6-3-14(4-7-17)12-28(34(30,31)13-22(24,25)26)20-9-15(11-27-21(20)33-2)18-10-16(29)5-8-19(18)23/h3-11,29H,12-13H2,1-2H3. The second-order valence-electron chi connectivity index (χ2n) is 7.14. The van der Waals surface area contributed by atoms with Gasteiger partial charge in [0.05, 0.1) is 20.8 Å². The normalized spacial score (nSPS) is 11.8. The van der Waals surface area contributed by atoms with Crippen LogP contribution in [0.1, 0.15) is 5.56 Å². The summed E-state index contributed by atoms with van der Waals surface area (Å²) in [6.45, 7) is -0.494. The largest absolute Gasteiger partial charge is 0.508 e. The second-order valence-corrected chi connectivity index (χ2v) is 9.04. The van der Waals surface area contributed by atoms with Crippen LogP contribution in [0.25, 0.3) is 11.1 Å². The summed E-state index contributed by atoms with van der Waals surface area (Å²) in [5.41, 5.74) is -0.0921. The van der Waals surface area contributed by atoms with Crippen LogP contribution in [-0.2, 0) is 16.6 Å². The Morgan fingerprint density at radius 1 is 1.03 bits per heavy atom. The van der Waals surface area contributed by atoms with Gasteiger partial charge in [-0.3, -0.25) is 4.31 Å². The van der Waals surface area contributed by atoms with Gasteiger partial charge in [0.2, 0.25) is 15.9 Å². The third-order valence-corrected chi connectivity index (χ3v) is 6.41. The molecule has 7 nitrogen and oxygen atoms in total. The van der Waals surface area contributed by atoms with Gasteiger partial charge in [-0.05, 0) is 42.0 Å². The molecule has 0 aliphatic rings. The highest BCUT2D eigenvalue weighted by molar-refractivity contribution is 7.92. The summed E-state index contributed by atoms with van der Waals surface area (Å²) < 4.78 is 90.3. The number of phenolic OH excluding ortho intramolecular Hbond substituents is 1. The molecule has 0 atom stereocenters. The summed E-state index contributed by atoms with van der Waals surface area (Å²) in [6.07, 6.45) is -3.87. The average Bonchev–Trinajstić information content (AvgIpc) is 2.77. The molecule has 1 aromatic heterocycles. The molecule has 0 radical (unpaired) electrons. The molecule has 0 fully saturated rings. The molecule has 1 heterocycles. The highest BCUT2D eigenvalue weighted by Gasteiger charge is 2.39. The van der Waals surface area contributed by atoms with Crippen LogP contribution in [0.4, 0.5) is 23.2 Å². The van der Waals surface area contributed by atoms with Crippen molar-refractivity contribution in [3.63, 3.8) is 0 Å². The van der Waals surface area contributed by atoms with E-state index in [4.69, 9.17) is 9.47 Å². The van der Waals surface area contributed by atoms with E-state index >= 15 is 0 Å². The van der Waals surface area contributed by atoms with Crippen molar-refractivity contribution in [2.75, 3.05) is 24.3 Å². The lowest BCUT2D eigenvalue weighted by atomic mass is 10.1. The quantitative estimate of drug-likeness (QED) is 0.458. The van der Waals surface area contributed by atoms with Crippen molar-refractivity contribution in [3.8, 4) is 28.5 Å². The first-order chi connectivity index (χ1) is 15.9. The number of benzene rings is 2. The third kappa shape index (κ3) is 5.87. The minimum absolute atomic E-state index is 0.0196. The molecule has 0 saturated carbocycles. The summed E-state index contributed by atoms with van der Waals surface area (Å²) in [5.74, 6) is -2.98.